The predicted octanol–water partition coefficient (Wildman–Crippen LogP) is 3.11. The van der Waals surface area contributed by atoms with Crippen molar-refractivity contribution in [3.63, 3.8) is 0 Å². The standard InChI is InChI=1S/C17H19N5O3S/c23-16(20-13-6-2-3-7-14(13)22(24)25)11-26-17-10-15(18-12-19-17)21-8-4-1-5-9-21/h2-3,6-7,10,12H,1,4-5,8-9,11H2,(H,20,23). The zero-order valence-corrected chi connectivity index (χ0v) is 14.9. The van der Waals surface area contributed by atoms with Gasteiger partial charge in [-0.05, 0) is 25.3 Å². The molecule has 0 spiro atoms. The van der Waals surface area contributed by atoms with Gasteiger partial charge < -0.3 is 10.2 Å². The fourth-order valence-corrected chi connectivity index (χ4v) is 3.43. The fourth-order valence-electron chi connectivity index (χ4n) is 2.77. The first-order valence-electron chi connectivity index (χ1n) is 8.36. The number of thioether (sulfide) groups is 1. The second kappa shape index (κ2) is 8.61. The smallest absolute Gasteiger partial charge is 0.292 e. The summed E-state index contributed by atoms with van der Waals surface area (Å²) >= 11 is 1.28. The summed E-state index contributed by atoms with van der Waals surface area (Å²) in [4.78, 5) is 33.4. The van der Waals surface area contributed by atoms with Gasteiger partial charge >= 0.3 is 0 Å². The lowest BCUT2D eigenvalue weighted by Crippen LogP contribution is -2.30. The largest absolute Gasteiger partial charge is 0.356 e. The van der Waals surface area contributed by atoms with Crippen molar-refractivity contribution in [1.29, 1.82) is 0 Å². The minimum Gasteiger partial charge on any atom is -0.356 e. The van der Waals surface area contributed by atoms with E-state index in [-0.39, 0.29) is 23.0 Å². The summed E-state index contributed by atoms with van der Waals surface area (Å²) in [5.74, 6) is 0.673. The van der Waals surface area contributed by atoms with Crippen LogP contribution in [0, 0.1) is 10.1 Å². The highest BCUT2D eigenvalue weighted by Crippen LogP contribution is 2.25. The van der Waals surface area contributed by atoms with Gasteiger partial charge in [0, 0.05) is 25.2 Å². The maximum absolute atomic E-state index is 12.1. The average Bonchev–Trinajstić information content (AvgIpc) is 2.67. The van der Waals surface area contributed by atoms with Crippen molar-refractivity contribution in [3.8, 4) is 0 Å². The maximum atomic E-state index is 12.1. The molecule has 1 aromatic carbocycles. The van der Waals surface area contributed by atoms with E-state index in [1.807, 2.05) is 6.07 Å². The van der Waals surface area contributed by atoms with Crippen LogP contribution in [0.3, 0.4) is 0 Å². The van der Waals surface area contributed by atoms with Crippen molar-refractivity contribution in [3.05, 3.63) is 46.8 Å². The van der Waals surface area contributed by atoms with Crippen molar-refractivity contribution >= 4 is 34.9 Å². The van der Waals surface area contributed by atoms with Crippen LogP contribution in [0.4, 0.5) is 17.2 Å². The molecule has 0 saturated carbocycles. The van der Waals surface area contributed by atoms with Crippen LogP contribution in [0.15, 0.2) is 41.7 Å². The first-order valence-corrected chi connectivity index (χ1v) is 9.35. The second-order valence-corrected chi connectivity index (χ2v) is 6.87. The predicted molar refractivity (Wildman–Crippen MR) is 101 cm³/mol. The number of hydrogen-bond donors (Lipinski definition) is 1. The molecule has 1 saturated heterocycles. The highest BCUT2D eigenvalue weighted by molar-refractivity contribution is 7.99. The molecular weight excluding hydrogens is 354 g/mol. The topological polar surface area (TPSA) is 101 Å². The van der Waals surface area contributed by atoms with E-state index in [0.717, 1.165) is 31.7 Å². The summed E-state index contributed by atoms with van der Waals surface area (Å²) in [5, 5.41) is 14.3. The normalized spacial score (nSPS) is 14.1. The molecule has 2 aromatic rings. The Morgan fingerprint density at radius 3 is 2.77 bits per heavy atom. The van der Waals surface area contributed by atoms with Gasteiger partial charge in [0.05, 0.1) is 10.7 Å². The lowest BCUT2D eigenvalue weighted by Gasteiger charge is -2.27. The highest BCUT2D eigenvalue weighted by Gasteiger charge is 2.16. The number of nitrogens with zero attached hydrogens (tertiary/aromatic N) is 4. The average molecular weight is 373 g/mol. The molecule has 1 amide bonds. The highest BCUT2D eigenvalue weighted by atomic mass is 32.2. The molecule has 2 heterocycles. The van der Waals surface area contributed by atoms with E-state index in [2.05, 4.69) is 20.2 Å². The van der Waals surface area contributed by atoms with E-state index in [1.165, 1.54) is 36.6 Å². The molecule has 1 N–H and O–H groups in total. The van der Waals surface area contributed by atoms with Crippen molar-refractivity contribution in [2.75, 3.05) is 29.1 Å². The number of carbonyl (C=O) groups excluding carboxylic acids is 1. The number of amides is 1. The number of para-hydroxylation sites is 2. The Labute approximate surface area is 155 Å². The Kier molecular flexibility index (Phi) is 6.00. The van der Waals surface area contributed by atoms with Gasteiger partial charge in [-0.2, -0.15) is 0 Å². The molecule has 0 radical (unpaired) electrons. The Balaban J connectivity index is 1.59. The molecule has 26 heavy (non-hydrogen) atoms. The third kappa shape index (κ3) is 4.69. The number of aromatic nitrogens is 2. The van der Waals surface area contributed by atoms with Crippen LogP contribution in [0.1, 0.15) is 19.3 Å². The van der Waals surface area contributed by atoms with Gasteiger partial charge in [-0.3, -0.25) is 14.9 Å². The number of hydrogen-bond acceptors (Lipinski definition) is 7. The van der Waals surface area contributed by atoms with Gasteiger partial charge in [0.2, 0.25) is 5.91 Å². The summed E-state index contributed by atoms with van der Waals surface area (Å²) < 4.78 is 0. The van der Waals surface area contributed by atoms with Gasteiger partial charge in [-0.15, -0.1) is 0 Å². The number of nitro groups is 1. The molecule has 1 aromatic heterocycles. The number of carbonyl (C=O) groups is 1. The van der Waals surface area contributed by atoms with Crippen molar-refractivity contribution in [2.45, 2.75) is 24.3 Å². The van der Waals surface area contributed by atoms with Crippen molar-refractivity contribution in [2.24, 2.45) is 0 Å². The first kappa shape index (κ1) is 18.1. The monoisotopic (exact) mass is 373 g/mol. The van der Waals surface area contributed by atoms with Gasteiger partial charge in [-0.1, -0.05) is 23.9 Å². The van der Waals surface area contributed by atoms with E-state index in [4.69, 9.17) is 0 Å². The third-order valence-electron chi connectivity index (χ3n) is 4.03. The van der Waals surface area contributed by atoms with E-state index >= 15 is 0 Å². The van der Waals surface area contributed by atoms with Crippen LogP contribution in [-0.4, -0.2) is 39.6 Å². The maximum Gasteiger partial charge on any atom is 0.292 e. The van der Waals surface area contributed by atoms with Crippen LogP contribution in [0.25, 0.3) is 0 Å². The van der Waals surface area contributed by atoms with E-state index < -0.39 is 4.92 Å². The summed E-state index contributed by atoms with van der Waals surface area (Å²) in [6, 6.07) is 7.96. The molecule has 9 heteroatoms. The lowest BCUT2D eigenvalue weighted by molar-refractivity contribution is -0.383. The summed E-state index contributed by atoms with van der Waals surface area (Å²) in [6.07, 6.45) is 5.07. The first-order chi connectivity index (χ1) is 12.6. The summed E-state index contributed by atoms with van der Waals surface area (Å²) in [6.45, 7) is 1.97. The summed E-state index contributed by atoms with van der Waals surface area (Å²) in [5.41, 5.74) is 0.0695. The third-order valence-corrected chi connectivity index (χ3v) is 4.96. The SMILES string of the molecule is O=C(CSc1cc(N2CCCCC2)ncn1)Nc1ccccc1[N+](=O)[O-]. The molecule has 0 bridgehead atoms. The van der Waals surface area contributed by atoms with Crippen LogP contribution in [-0.2, 0) is 4.79 Å². The molecule has 8 nitrogen and oxygen atoms in total. The Morgan fingerprint density at radius 1 is 1.23 bits per heavy atom. The minimum absolute atomic E-state index is 0.114. The number of anilines is 2. The fraction of sp³-hybridized carbons (Fsp3) is 0.353. The van der Waals surface area contributed by atoms with Crippen LogP contribution < -0.4 is 10.2 Å². The quantitative estimate of drug-likeness (QED) is 0.359. The molecule has 0 atom stereocenters. The van der Waals surface area contributed by atoms with E-state index in [0.29, 0.717) is 5.03 Å². The number of benzene rings is 1. The lowest BCUT2D eigenvalue weighted by atomic mass is 10.1. The molecule has 0 aliphatic carbocycles. The zero-order valence-electron chi connectivity index (χ0n) is 14.1. The second-order valence-electron chi connectivity index (χ2n) is 5.87. The molecule has 1 fully saturated rings. The van der Waals surface area contributed by atoms with E-state index in [1.54, 1.807) is 12.1 Å². The van der Waals surface area contributed by atoms with Crippen molar-refractivity contribution in [1.82, 2.24) is 9.97 Å². The number of rotatable bonds is 6. The van der Waals surface area contributed by atoms with Crippen LogP contribution in [0.2, 0.25) is 0 Å². The Hall–Kier alpha value is -2.68. The molecule has 1 aliphatic heterocycles. The summed E-state index contributed by atoms with van der Waals surface area (Å²) in [7, 11) is 0. The van der Waals surface area contributed by atoms with Gasteiger partial charge in [0.15, 0.2) is 0 Å². The Bertz CT molecular complexity index is 795. The number of nitrogens with one attached hydrogen (secondary N) is 1. The van der Waals surface area contributed by atoms with Crippen molar-refractivity contribution < 1.29 is 9.72 Å². The Morgan fingerprint density at radius 2 is 2.00 bits per heavy atom. The van der Waals surface area contributed by atoms with Crippen LogP contribution in [0.5, 0.6) is 0 Å². The molecule has 0 unspecified atom stereocenters. The zero-order chi connectivity index (χ0) is 18.4. The molecule has 136 valence electrons. The van der Waals surface area contributed by atoms with Gasteiger partial charge in [-0.25, -0.2) is 9.97 Å². The van der Waals surface area contributed by atoms with Gasteiger partial charge in [0.1, 0.15) is 22.9 Å². The van der Waals surface area contributed by atoms with E-state index in [9.17, 15) is 14.9 Å². The minimum atomic E-state index is -0.516. The van der Waals surface area contributed by atoms with Crippen LogP contribution >= 0.6 is 11.8 Å². The van der Waals surface area contributed by atoms with Gasteiger partial charge in [0.25, 0.3) is 5.69 Å². The number of piperidine rings is 1. The molecule has 1 aliphatic rings. The molecular formula is C17H19N5O3S. The number of nitro benzene ring substituents is 1. The molecule has 3 rings (SSSR count).